The van der Waals surface area contributed by atoms with Gasteiger partial charge in [0.1, 0.15) is 12.4 Å². The summed E-state index contributed by atoms with van der Waals surface area (Å²) < 4.78 is 44.0. The molecule has 0 spiro atoms. The maximum Gasteiger partial charge on any atom is 0.416 e. The number of hydrogen-bond donors (Lipinski definition) is 1. The van der Waals surface area contributed by atoms with Crippen molar-refractivity contribution in [1.82, 2.24) is 5.32 Å². The first-order valence-electron chi connectivity index (χ1n) is 7.25. The molecule has 7 heteroatoms. The van der Waals surface area contributed by atoms with E-state index in [1.165, 1.54) is 6.07 Å². The van der Waals surface area contributed by atoms with Gasteiger partial charge in [0.05, 0.1) is 5.56 Å². The van der Waals surface area contributed by atoms with E-state index in [4.69, 9.17) is 16.3 Å². The molecule has 0 aliphatic rings. The first-order valence-corrected chi connectivity index (χ1v) is 8.42. The minimum atomic E-state index is -4.40. The Balaban J connectivity index is 1.87. The zero-order valence-corrected chi connectivity index (χ0v) is 15.2. The normalized spacial score (nSPS) is 12.9. The summed E-state index contributed by atoms with van der Waals surface area (Å²) in [5.74, 6) is 0.175. The van der Waals surface area contributed by atoms with Gasteiger partial charge in [-0.3, -0.25) is 0 Å². The lowest BCUT2D eigenvalue weighted by molar-refractivity contribution is -0.137. The number of ether oxygens (including phenoxy) is 1. The molecule has 0 aromatic heterocycles. The van der Waals surface area contributed by atoms with Crippen molar-refractivity contribution in [2.75, 3.05) is 13.2 Å². The van der Waals surface area contributed by atoms with Crippen molar-refractivity contribution < 1.29 is 17.9 Å². The minimum Gasteiger partial charge on any atom is -0.492 e. The van der Waals surface area contributed by atoms with Crippen LogP contribution in [0.25, 0.3) is 0 Å². The third kappa shape index (κ3) is 5.69. The van der Waals surface area contributed by atoms with E-state index in [-0.39, 0.29) is 18.4 Å². The Hall–Kier alpha value is -1.24. The molecule has 0 bridgehead atoms. The van der Waals surface area contributed by atoms with Gasteiger partial charge in [-0.15, -0.1) is 0 Å². The minimum absolute atomic E-state index is 0.0561. The van der Waals surface area contributed by atoms with Crippen LogP contribution < -0.4 is 10.1 Å². The lowest BCUT2D eigenvalue weighted by Crippen LogP contribution is -2.24. The number of rotatable bonds is 6. The molecular formula is C17H16BrClF3NO. The van der Waals surface area contributed by atoms with E-state index < -0.39 is 11.7 Å². The van der Waals surface area contributed by atoms with E-state index in [1.54, 1.807) is 6.07 Å². The predicted molar refractivity (Wildman–Crippen MR) is 92.5 cm³/mol. The molecule has 0 fully saturated rings. The molecule has 1 unspecified atom stereocenters. The van der Waals surface area contributed by atoms with E-state index in [9.17, 15) is 13.2 Å². The van der Waals surface area contributed by atoms with Crippen LogP contribution in [-0.2, 0) is 6.18 Å². The van der Waals surface area contributed by atoms with Crippen LogP contribution >= 0.6 is 27.5 Å². The zero-order valence-electron chi connectivity index (χ0n) is 12.8. The summed E-state index contributed by atoms with van der Waals surface area (Å²) in [6, 6.07) is 11.1. The Morgan fingerprint density at radius 1 is 1.21 bits per heavy atom. The lowest BCUT2D eigenvalue weighted by Gasteiger charge is -2.15. The monoisotopic (exact) mass is 421 g/mol. The van der Waals surface area contributed by atoms with Crippen molar-refractivity contribution >= 4 is 27.5 Å². The van der Waals surface area contributed by atoms with Gasteiger partial charge in [-0.1, -0.05) is 39.7 Å². The fraction of sp³-hybridized carbons (Fsp3) is 0.294. The molecule has 130 valence electrons. The smallest absolute Gasteiger partial charge is 0.416 e. The quantitative estimate of drug-likeness (QED) is 0.590. The number of benzene rings is 2. The third-order valence-corrected chi connectivity index (χ3v) is 4.06. The standard InChI is InChI=1S/C17H16BrClF3NO/c1-11(12-3-2-4-15(19)7-12)23-5-6-24-16-9-13(17(20,21)22)8-14(18)10-16/h2-4,7-11,23H,5-6H2,1H3. The van der Waals surface area contributed by atoms with Crippen LogP contribution in [0.15, 0.2) is 46.9 Å². The van der Waals surface area contributed by atoms with E-state index in [1.807, 2.05) is 25.1 Å². The molecular weight excluding hydrogens is 407 g/mol. The first kappa shape index (κ1) is 19.1. The number of nitrogens with one attached hydrogen (secondary N) is 1. The fourth-order valence-corrected chi connectivity index (χ4v) is 2.82. The van der Waals surface area contributed by atoms with Crippen LogP contribution in [-0.4, -0.2) is 13.2 Å². The molecule has 2 aromatic rings. The van der Waals surface area contributed by atoms with Gasteiger partial charge >= 0.3 is 6.18 Å². The van der Waals surface area contributed by atoms with Crippen LogP contribution in [0.1, 0.15) is 24.1 Å². The van der Waals surface area contributed by atoms with Gasteiger partial charge in [0, 0.05) is 22.1 Å². The molecule has 2 aromatic carbocycles. The second kappa shape index (κ2) is 8.23. The van der Waals surface area contributed by atoms with Gasteiger partial charge < -0.3 is 10.1 Å². The second-order valence-electron chi connectivity index (χ2n) is 5.25. The number of hydrogen-bond acceptors (Lipinski definition) is 2. The highest BCUT2D eigenvalue weighted by molar-refractivity contribution is 9.10. The largest absolute Gasteiger partial charge is 0.492 e. The van der Waals surface area contributed by atoms with Gasteiger partial charge in [0.25, 0.3) is 0 Å². The summed E-state index contributed by atoms with van der Waals surface area (Å²) in [4.78, 5) is 0. The van der Waals surface area contributed by atoms with Crippen LogP contribution in [0.5, 0.6) is 5.75 Å². The van der Waals surface area contributed by atoms with Crippen LogP contribution in [0, 0.1) is 0 Å². The highest BCUT2D eigenvalue weighted by Crippen LogP contribution is 2.34. The van der Waals surface area contributed by atoms with Crippen LogP contribution in [0.4, 0.5) is 13.2 Å². The van der Waals surface area contributed by atoms with E-state index in [2.05, 4.69) is 21.2 Å². The first-order chi connectivity index (χ1) is 11.3. The van der Waals surface area contributed by atoms with Gasteiger partial charge in [0.15, 0.2) is 0 Å². The molecule has 24 heavy (non-hydrogen) atoms. The molecule has 0 aliphatic heterocycles. The Bertz CT molecular complexity index is 694. The third-order valence-electron chi connectivity index (χ3n) is 3.37. The molecule has 0 radical (unpaired) electrons. The van der Waals surface area contributed by atoms with E-state index >= 15 is 0 Å². The second-order valence-corrected chi connectivity index (χ2v) is 6.60. The Morgan fingerprint density at radius 3 is 2.62 bits per heavy atom. The molecule has 2 rings (SSSR count). The maximum absolute atomic E-state index is 12.8. The molecule has 0 heterocycles. The summed E-state index contributed by atoms with van der Waals surface area (Å²) in [7, 11) is 0. The molecule has 1 atom stereocenters. The molecule has 1 N–H and O–H groups in total. The summed E-state index contributed by atoms with van der Waals surface area (Å²) in [6.45, 7) is 2.72. The van der Waals surface area contributed by atoms with Gasteiger partial charge in [0.2, 0.25) is 0 Å². The Labute approximate surface area is 152 Å². The summed E-state index contributed by atoms with van der Waals surface area (Å²) in [6.07, 6.45) is -4.40. The van der Waals surface area contributed by atoms with Crippen molar-refractivity contribution in [3.05, 3.63) is 63.1 Å². The van der Waals surface area contributed by atoms with Crippen molar-refractivity contribution in [3.8, 4) is 5.75 Å². The average Bonchev–Trinajstić information content (AvgIpc) is 2.50. The highest BCUT2D eigenvalue weighted by atomic mass is 79.9. The van der Waals surface area contributed by atoms with Gasteiger partial charge in [-0.2, -0.15) is 13.2 Å². The number of halogens is 5. The van der Waals surface area contributed by atoms with Gasteiger partial charge in [-0.25, -0.2) is 0 Å². The average molecular weight is 423 g/mol. The zero-order chi connectivity index (χ0) is 17.7. The van der Waals surface area contributed by atoms with E-state index in [0.717, 1.165) is 17.7 Å². The molecule has 0 aliphatic carbocycles. The maximum atomic E-state index is 12.8. The van der Waals surface area contributed by atoms with Crippen molar-refractivity contribution in [2.24, 2.45) is 0 Å². The van der Waals surface area contributed by atoms with Gasteiger partial charge in [-0.05, 0) is 42.8 Å². The summed E-state index contributed by atoms with van der Waals surface area (Å²) in [5.41, 5.74) is 0.288. The molecule has 0 amide bonds. The van der Waals surface area contributed by atoms with Crippen molar-refractivity contribution in [2.45, 2.75) is 19.1 Å². The van der Waals surface area contributed by atoms with Crippen molar-refractivity contribution in [1.29, 1.82) is 0 Å². The van der Waals surface area contributed by atoms with Crippen LogP contribution in [0.2, 0.25) is 5.02 Å². The Morgan fingerprint density at radius 2 is 1.96 bits per heavy atom. The molecule has 0 saturated heterocycles. The number of alkyl halides is 3. The van der Waals surface area contributed by atoms with Crippen LogP contribution in [0.3, 0.4) is 0 Å². The SMILES string of the molecule is CC(NCCOc1cc(Br)cc(C(F)(F)F)c1)c1cccc(Cl)c1. The van der Waals surface area contributed by atoms with E-state index in [0.29, 0.717) is 16.0 Å². The predicted octanol–water partition coefficient (Wildman–Crippen LogP) is 5.85. The summed E-state index contributed by atoms with van der Waals surface area (Å²) in [5, 5.41) is 3.90. The fourth-order valence-electron chi connectivity index (χ4n) is 2.15. The molecule has 0 saturated carbocycles. The van der Waals surface area contributed by atoms with Crippen molar-refractivity contribution in [3.63, 3.8) is 0 Å². The molecule has 2 nitrogen and oxygen atoms in total. The lowest BCUT2D eigenvalue weighted by atomic mass is 10.1. The highest BCUT2D eigenvalue weighted by Gasteiger charge is 2.31. The topological polar surface area (TPSA) is 21.3 Å². The Kier molecular flexibility index (Phi) is 6.54. The summed E-state index contributed by atoms with van der Waals surface area (Å²) >= 11 is 9.01.